The monoisotopic (exact) mass is 250 g/mol. The van der Waals surface area contributed by atoms with Crippen molar-refractivity contribution in [1.82, 2.24) is 4.98 Å². The van der Waals surface area contributed by atoms with E-state index in [0.717, 1.165) is 38.2 Å². The Morgan fingerprint density at radius 2 is 2.28 bits per heavy atom. The Kier molecular flexibility index (Phi) is 4.15. The van der Waals surface area contributed by atoms with Crippen LogP contribution in [-0.4, -0.2) is 41.9 Å². The number of carboxylic acid groups (broad SMARTS) is 1. The zero-order valence-electron chi connectivity index (χ0n) is 10.5. The zero-order chi connectivity index (χ0) is 13.0. The van der Waals surface area contributed by atoms with E-state index in [1.807, 2.05) is 6.92 Å². The maximum absolute atomic E-state index is 11.1. The average Bonchev–Trinajstić information content (AvgIpc) is 2.40. The van der Waals surface area contributed by atoms with E-state index < -0.39 is 5.97 Å². The summed E-state index contributed by atoms with van der Waals surface area (Å²) in [7, 11) is 0. The molecule has 2 rings (SSSR count). The second-order valence-electron chi connectivity index (χ2n) is 4.34. The molecule has 1 aromatic rings. The van der Waals surface area contributed by atoms with Crippen molar-refractivity contribution in [3.63, 3.8) is 0 Å². The van der Waals surface area contributed by atoms with Crippen LogP contribution >= 0.6 is 0 Å². The lowest BCUT2D eigenvalue weighted by Gasteiger charge is -2.33. The first kappa shape index (κ1) is 12.8. The minimum atomic E-state index is -0.926. The lowest BCUT2D eigenvalue weighted by Crippen LogP contribution is -2.37. The molecule has 5 nitrogen and oxygen atoms in total. The third-order valence-corrected chi connectivity index (χ3v) is 3.21. The molecule has 1 aliphatic rings. The number of aromatic carboxylic acids is 1. The molecule has 0 bridgehead atoms. The minimum Gasteiger partial charge on any atom is -0.478 e. The Labute approximate surface area is 106 Å². The Hall–Kier alpha value is -1.62. The molecule has 0 aromatic carbocycles. The SMILES string of the molecule is CCOC1CCN(c2ccncc2C(=O)O)CC1. The van der Waals surface area contributed by atoms with Crippen LogP contribution in [0.1, 0.15) is 30.1 Å². The maximum atomic E-state index is 11.1. The van der Waals surface area contributed by atoms with Gasteiger partial charge in [-0.25, -0.2) is 4.79 Å². The molecule has 0 amide bonds. The third-order valence-electron chi connectivity index (χ3n) is 3.21. The van der Waals surface area contributed by atoms with Gasteiger partial charge in [-0.3, -0.25) is 4.98 Å². The third kappa shape index (κ3) is 2.79. The molecule has 1 saturated heterocycles. The van der Waals surface area contributed by atoms with Crippen molar-refractivity contribution < 1.29 is 14.6 Å². The second-order valence-corrected chi connectivity index (χ2v) is 4.34. The molecule has 1 fully saturated rings. The van der Waals surface area contributed by atoms with E-state index >= 15 is 0 Å². The summed E-state index contributed by atoms with van der Waals surface area (Å²) in [6, 6.07) is 1.77. The van der Waals surface area contributed by atoms with Gasteiger partial charge in [-0.05, 0) is 25.8 Å². The second kappa shape index (κ2) is 5.82. The van der Waals surface area contributed by atoms with E-state index in [0.29, 0.717) is 6.10 Å². The Morgan fingerprint density at radius 3 is 2.89 bits per heavy atom. The molecule has 0 unspecified atom stereocenters. The van der Waals surface area contributed by atoms with Crippen LogP contribution in [0.4, 0.5) is 5.69 Å². The fourth-order valence-electron chi connectivity index (χ4n) is 2.33. The van der Waals surface area contributed by atoms with Gasteiger partial charge in [-0.1, -0.05) is 0 Å². The van der Waals surface area contributed by atoms with Crippen LogP contribution in [0.25, 0.3) is 0 Å². The van der Waals surface area contributed by atoms with Gasteiger partial charge in [0.1, 0.15) is 5.56 Å². The Bertz CT molecular complexity index is 414. The van der Waals surface area contributed by atoms with E-state index in [1.165, 1.54) is 6.20 Å². The first-order valence-electron chi connectivity index (χ1n) is 6.26. The van der Waals surface area contributed by atoms with Crippen molar-refractivity contribution in [2.24, 2.45) is 0 Å². The molecule has 0 spiro atoms. The number of ether oxygens (including phenoxy) is 1. The Balaban J connectivity index is 2.07. The van der Waals surface area contributed by atoms with Gasteiger partial charge in [0.25, 0.3) is 0 Å². The van der Waals surface area contributed by atoms with Gasteiger partial charge in [-0.15, -0.1) is 0 Å². The molecule has 0 radical (unpaired) electrons. The number of anilines is 1. The van der Waals surface area contributed by atoms with Crippen molar-refractivity contribution in [2.75, 3.05) is 24.6 Å². The lowest BCUT2D eigenvalue weighted by atomic mass is 10.1. The van der Waals surface area contributed by atoms with Crippen LogP contribution in [-0.2, 0) is 4.74 Å². The maximum Gasteiger partial charge on any atom is 0.339 e. The highest BCUT2D eigenvalue weighted by Gasteiger charge is 2.22. The summed E-state index contributed by atoms with van der Waals surface area (Å²) in [5.74, 6) is -0.926. The van der Waals surface area contributed by atoms with Crippen LogP contribution in [0, 0.1) is 0 Å². The summed E-state index contributed by atoms with van der Waals surface area (Å²) in [6.45, 7) is 4.39. The van der Waals surface area contributed by atoms with Gasteiger partial charge in [-0.2, -0.15) is 0 Å². The fraction of sp³-hybridized carbons (Fsp3) is 0.538. The molecule has 18 heavy (non-hydrogen) atoms. The van der Waals surface area contributed by atoms with Gasteiger partial charge in [0.15, 0.2) is 0 Å². The van der Waals surface area contributed by atoms with Crippen molar-refractivity contribution in [3.8, 4) is 0 Å². The van der Waals surface area contributed by atoms with Crippen molar-refractivity contribution in [3.05, 3.63) is 24.0 Å². The highest BCUT2D eigenvalue weighted by atomic mass is 16.5. The smallest absolute Gasteiger partial charge is 0.339 e. The molecule has 1 N–H and O–H groups in total. The first-order chi connectivity index (χ1) is 8.72. The molecule has 98 valence electrons. The van der Waals surface area contributed by atoms with E-state index in [9.17, 15) is 4.79 Å². The number of pyridine rings is 1. The van der Waals surface area contributed by atoms with Crippen LogP contribution in [0.3, 0.4) is 0 Å². The highest BCUT2D eigenvalue weighted by molar-refractivity contribution is 5.94. The lowest BCUT2D eigenvalue weighted by molar-refractivity contribution is 0.0459. The number of hydrogen-bond acceptors (Lipinski definition) is 4. The van der Waals surface area contributed by atoms with E-state index in [-0.39, 0.29) is 5.56 Å². The van der Waals surface area contributed by atoms with Crippen molar-refractivity contribution >= 4 is 11.7 Å². The molecule has 1 aromatic heterocycles. The number of carboxylic acids is 1. The summed E-state index contributed by atoms with van der Waals surface area (Å²) in [5, 5.41) is 9.14. The number of hydrogen-bond donors (Lipinski definition) is 1. The Morgan fingerprint density at radius 1 is 1.56 bits per heavy atom. The molecular formula is C13H18N2O3. The predicted molar refractivity (Wildman–Crippen MR) is 68.1 cm³/mol. The van der Waals surface area contributed by atoms with Crippen LogP contribution in [0.15, 0.2) is 18.5 Å². The van der Waals surface area contributed by atoms with Gasteiger partial charge in [0, 0.05) is 32.1 Å². The van der Waals surface area contributed by atoms with E-state index in [4.69, 9.17) is 9.84 Å². The molecule has 2 heterocycles. The number of rotatable bonds is 4. The van der Waals surface area contributed by atoms with Crippen LogP contribution < -0.4 is 4.90 Å². The normalized spacial score (nSPS) is 16.8. The molecular weight excluding hydrogens is 232 g/mol. The van der Waals surface area contributed by atoms with Crippen molar-refractivity contribution in [2.45, 2.75) is 25.9 Å². The molecule has 0 aliphatic carbocycles. The van der Waals surface area contributed by atoms with Crippen molar-refractivity contribution in [1.29, 1.82) is 0 Å². The molecule has 5 heteroatoms. The minimum absolute atomic E-state index is 0.271. The number of aromatic nitrogens is 1. The summed E-state index contributed by atoms with van der Waals surface area (Å²) >= 11 is 0. The molecule has 0 saturated carbocycles. The van der Waals surface area contributed by atoms with E-state index in [2.05, 4.69) is 9.88 Å². The number of nitrogens with zero attached hydrogens (tertiary/aromatic N) is 2. The van der Waals surface area contributed by atoms with Gasteiger partial charge < -0.3 is 14.7 Å². The van der Waals surface area contributed by atoms with E-state index in [1.54, 1.807) is 12.3 Å². The standard InChI is InChI=1S/C13H18N2O3/c1-2-18-10-4-7-15(8-5-10)12-3-6-14-9-11(12)13(16)17/h3,6,9-10H,2,4-5,7-8H2,1H3,(H,16,17). The quantitative estimate of drug-likeness (QED) is 0.882. The summed E-state index contributed by atoms with van der Waals surface area (Å²) in [4.78, 5) is 17.1. The predicted octanol–water partition coefficient (Wildman–Crippen LogP) is 1.79. The number of piperidine rings is 1. The first-order valence-corrected chi connectivity index (χ1v) is 6.26. The zero-order valence-corrected chi connectivity index (χ0v) is 10.5. The van der Waals surface area contributed by atoms with Crippen LogP contribution in [0.5, 0.6) is 0 Å². The molecule has 1 aliphatic heterocycles. The number of carbonyl (C=O) groups is 1. The average molecular weight is 250 g/mol. The highest BCUT2D eigenvalue weighted by Crippen LogP contribution is 2.24. The van der Waals surface area contributed by atoms with Gasteiger partial charge >= 0.3 is 5.97 Å². The largest absolute Gasteiger partial charge is 0.478 e. The van der Waals surface area contributed by atoms with Gasteiger partial charge in [0.05, 0.1) is 11.8 Å². The fourth-order valence-corrected chi connectivity index (χ4v) is 2.33. The topological polar surface area (TPSA) is 62.7 Å². The summed E-state index contributed by atoms with van der Waals surface area (Å²) < 4.78 is 5.59. The van der Waals surface area contributed by atoms with Crippen LogP contribution in [0.2, 0.25) is 0 Å². The van der Waals surface area contributed by atoms with Gasteiger partial charge in [0.2, 0.25) is 0 Å². The molecule has 0 atom stereocenters. The summed E-state index contributed by atoms with van der Waals surface area (Å²) in [6.07, 6.45) is 5.23. The summed E-state index contributed by atoms with van der Waals surface area (Å²) in [5.41, 5.74) is 1.03.